The molecule has 0 spiro atoms. The molecule has 0 bridgehead atoms. The van der Waals surface area contributed by atoms with Crippen molar-refractivity contribution in [3.8, 4) is 6.07 Å². The molecule has 0 amide bonds. The standard InChI is InChI=1S/C14H24N2O/c1-11-5-6-12(9-15)14(8-11)16(2)10-13-4-3-7-17-13/h11-14H,3-8,10H2,1-2H3. The van der Waals surface area contributed by atoms with E-state index in [1.165, 1.54) is 25.7 Å². The maximum Gasteiger partial charge on any atom is 0.0702 e. The van der Waals surface area contributed by atoms with Crippen molar-refractivity contribution in [2.45, 2.75) is 51.2 Å². The normalized spacial score (nSPS) is 38.2. The zero-order valence-electron chi connectivity index (χ0n) is 11.1. The quantitative estimate of drug-likeness (QED) is 0.755. The van der Waals surface area contributed by atoms with Crippen LogP contribution in [0.3, 0.4) is 0 Å². The van der Waals surface area contributed by atoms with E-state index < -0.39 is 0 Å². The number of rotatable bonds is 3. The molecule has 2 fully saturated rings. The summed E-state index contributed by atoms with van der Waals surface area (Å²) in [6.07, 6.45) is 6.23. The summed E-state index contributed by atoms with van der Waals surface area (Å²) in [5.41, 5.74) is 0. The fourth-order valence-electron chi connectivity index (χ4n) is 3.23. The maximum absolute atomic E-state index is 9.25. The molecule has 2 aliphatic rings. The second-order valence-corrected chi connectivity index (χ2v) is 5.80. The van der Waals surface area contributed by atoms with Crippen molar-refractivity contribution < 1.29 is 4.74 Å². The van der Waals surface area contributed by atoms with Gasteiger partial charge in [0, 0.05) is 19.2 Å². The van der Waals surface area contributed by atoms with Crippen LogP contribution in [0.2, 0.25) is 0 Å². The molecule has 0 N–H and O–H groups in total. The third-order valence-electron chi connectivity index (χ3n) is 4.33. The van der Waals surface area contributed by atoms with Gasteiger partial charge in [0.25, 0.3) is 0 Å². The van der Waals surface area contributed by atoms with Crippen LogP contribution in [0.15, 0.2) is 0 Å². The highest BCUT2D eigenvalue weighted by Crippen LogP contribution is 2.31. The molecule has 1 saturated heterocycles. The molecule has 3 heteroatoms. The van der Waals surface area contributed by atoms with Crippen LogP contribution in [0, 0.1) is 23.2 Å². The Morgan fingerprint density at radius 1 is 1.35 bits per heavy atom. The lowest BCUT2D eigenvalue weighted by atomic mass is 9.79. The number of likely N-dealkylation sites (N-methyl/N-ethyl adjacent to an activating group) is 1. The lowest BCUT2D eigenvalue weighted by Gasteiger charge is -2.38. The van der Waals surface area contributed by atoms with E-state index in [9.17, 15) is 5.26 Å². The minimum atomic E-state index is 0.220. The van der Waals surface area contributed by atoms with Gasteiger partial charge in [-0.2, -0.15) is 5.26 Å². The number of nitrogens with zero attached hydrogens (tertiary/aromatic N) is 2. The van der Waals surface area contributed by atoms with Gasteiger partial charge in [-0.15, -0.1) is 0 Å². The minimum absolute atomic E-state index is 0.220. The summed E-state index contributed by atoms with van der Waals surface area (Å²) < 4.78 is 5.69. The fraction of sp³-hybridized carbons (Fsp3) is 0.929. The van der Waals surface area contributed by atoms with Gasteiger partial charge in [0.05, 0.1) is 18.1 Å². The highest BCUT2D eigenvalue weighted by Gasteiger charge is 2.32. The van der Waals surface area contributed by atoms with Gasteiger partial charge in [-0.05, 0) is 45.1 Å². The summed E-state index contributed by atoms with van der Waals surface area (Å²) in [5.74, 6) is 0.981. The van der Waals surface area contributed by atoms with Crippen molar-refractivity contribution in [1.29, 1.82) is 5.26 Å². The van der Waals surface area contributed by atoms with Crippen LogP contribution in [-0.2, 0) is 4.74 Å². The van der Waals surface area contributed by atoms with Gasteiger partial charge in [0.15, 0.2) is 0 Å². The Balaban J connectivity index is 1.90. The van der Waals surface area contributed by atoms with Gasteiger partial charge in [-0.25, -0.2) is 0 Å². The summed E-state index contributed by atoms with van der Waals surface area (Å²) in [6, 6.07) is 2.94. The first kappa shape index (κ1) is 12.9. The van der Waals surface area contributed by atoms with Crippen LogP contribution >= 0.6 is 0 Å². The first-order chi connectivity index (χ1) is 8.20. The molecule has 0 aromatic heterocycles. The Morgan fingerprint density at radius 2 is 2.18 bits per heavy atom. The molecule has 0 radical (unpaired) electrons. The summed E-state index contributed by atoms with van der Waals surface area (Å²) in [4.78, 5) is 2.37. The van der Waals surface area contributed by atoms with Crippen LogP contribution in [-0.4, -0.2) is 37.2 Å². The lowest BCUT2D eigenvalue weighted by molar-refractivity contribution is 0.0468. The maximum atomic E-state index is 9.25. The summed E-state index contributed by atoms with van der Waals surface area (Å²) in [5, 5.41) is 9.25. The molecule has 0 aromatic rings. The van der Waals surface area contributed by atoms with E-state index in [1.54, 1.807) is 0 Å². The number of ether oxygens (including phenoxy) is 1. The molecular weight excluding hydrogens is 212 g/mol. The molecule has 4 atom stereocenters. The summed E-state index contributed by atoms with van der Waals surface area (Å²) >= 11 is 0. The summed E-state index contributed by atoms with van der Waals surface area (Å²) in [7, 11) is 2.16. The lowest BCUT2D eigenvalue weighted by Crippen LogP contribution is -2.44. The zero-order valence-corrected chi connectivity index (χ0v) is 11.1. The SMILES string of the molecule is CC1CCC(C#N)C(N(C)CC2CCCO2)C1. The van der Waals surface area contributed by atoms with Crippen molar-refractivity contribution in [3.63, 3.8) is 0 Å². The average molecular weight is 236 g/mol. The Kier molecular flexibility index (Phi) is 4.42. The number of nitriles is 1. The van der Waals surface area contributed by atoms with Gasteiger partial charge >= 0.3 is 0 Å². The number of hydrogen-bond donors (Lipinski definition) is 0. The van der Waals surface area contributed by atoms with Crippen molar-refractivity contribution in [1.82, 2.24) is 4.90 Å². The van der Waals surface area contributed by atoms with E-state index >= 15 is 0 Å². The van der Waals surface area contributed by atoms with Gasteiger partial charge in [-0.3, -0.25) is 4.90 Å². The molecule has 1 saturated carbocycles. The van der Waals surface area contributed by atoms with E-state index in [4.69, 9.17) is 4.74 Å². The second-order valence-electron chi connectivity index (χ2n) is 5.80. The molecule has 2 rings (SSSR count). The van der Waals surface area contributed by atoms with Crippen molar-refractivity contribution >= 4 is 0 Å². The molecular formula is C14H24N2O. The van der Waals surface area contributed by atoms with Crippen LogP contribution in [0.1, 0.15) is 39.0 Å². The van der Waals surface area contributed by atoms with Gasteiger partial charge < -0.3 is 4.74 Å². The molecule has 0 aromatic carbocycles. The van der Waals surface area contributed by atoms with Crippen LogP contribution in [0.4, 0.5) is 0 Å². The van der Waals surface area contributed by atoms with Gasteiger partial charge in [0.1, 0.15) is 0 Å². The predicted octanol–water partition coefficient (Wildman–Crippen LogP) is 2.43. The van der Waals surface area contributed by atoms with Crippen molar-refractivity contribution in [2.24, 2.45) is 11.8 Å². The first-order valence-electron chi connectivity index (χ1n) is 6.92. The Labute approximate surface area is 105 Å². The zero-order chi connectivity index (χ0) is 12.3. The third-order valence-corrected chi connectivity index (χ3v) is 4.33. The second kappa shape index (κ2) is 5.84. The molecule has 1 heterocycles. The molecule has 1 aliphatic heterocycles. The fourth-order valence-corrected chi connectivity index (χ4v) is 3.23. The topological polar surface area (TPSA) is 36.3 Å². The van der Waals surface area contributed by atoms with Crippen molar-refractivity contribution in [2.75, 3.05) is 20.2 Å². The van der Waals surface area contributed by atoms with E-state index in [-0.39, 0.29) is 5.92 Å². The van der Waals surface area contributed by atoms with E-state index in [1.807, 2.05) is 0 Å². The molecule has 4 unspecified atom stereocenters. The third kappa shape index (κ3) is 3.20. The molecule has 17 heavy (non-hydrogen) atoms. The predicted molar refractivity (Wildman–Crippen MR) is 67.5 cm³/mol. The average Bonchev–Trinajstić information content (AvgIpc) is 2.81. The smallest absolute Gasteiger partial charge is 0.0702 e. The van der Waals surface area contributed by atoms with Crippen LogP contribution in [0.25, 0.3) is 0 Å². The molecule has 1 aliphatic carbocycles. The number of hydrogen-bond acceptors (Lipinski definition) is 3. The monoisotopic (exact) mass is 236 g/mol. The van der Waals surface area contributed by atoms with Crippen LogP contribution < -0.4 is 0 Å². The Hall–Kier alpha value is -0.590. The first-order valence-corrected chi connectivity index (χ1v) is 6.92. The molecule has 3 nitrogen and oxygen atoms in total. The summed E-state index contributed by atoms with van der Waals surface area (Å²) in [6.45, 7) is 4.22. The van der Waals surface area contributed by atoms with Gasteiger partial charge in [-0.1, -0.05) is 6.92 Å². The largest absolute Gasteiger partial charge is 0.377 e. The minimum Gasteiger partial charge on any atom is -0.377 e. The highest BCUT2D eigenvalue weighted by molar-refractivity contribution is 4.96. The van der Waals surface area contributed by atoms with Gasteiger partial charge in [0.2, 0.25) is 0 Å². The van der Waals surface area contributed by atoms with Crippen LogP contribution in [0.5, 0.6) is 0 Å². The molecule has 96 valence electrons. The Morgan fingerprint density at radius 3 is 2.82 bits per heavy atom. The van der Waals surface area contributed by atoms with E-state index in [2.05, 4.69) is 24.9 Å². The highest BCUT2D eigenvalue weighted by atomic mass is 16.5. The van der Waals surface area contributed by atoms with E-state index in [0.29, 0.717) is 12.1 Å². The Bertz CT molecular complexity index is 280. The van der Waals surface area contributed by atoms with E-state index in [0.717, 1.165) is 25.5 Å². The van der Waals surface area contributed by atoms with Crippen molar-refractivity contribution in [3.05, 3.63) is 0 Å².